The van der Waals surface area contributed by atoms with E-state index in [9.17, 15) is 4.39 Å². The van der Waals surface area contributed by atoms with Gasteiger partial charge in [0.15, 0.2) is 5.67 Å². The zero-order valence-electron chi connectivity index (χ0n) is 7.09. The molecule has 1 saturated heterocycles. The summed E-state index contributed by atoms with van der Waals surface area (Å²) in [6.07, 6.45) is 0.462. The van der Waals surface area contributed by atoms with Crippen molar-refractivity contribution in [2.24, 2.45) is 0 Å². The molecule has 0 radical (unpaired) electrons. The lowest BCUT2D eigenvalue weighted by molar-refractivity contribution is 0.112. The molecule has 1 fully saturated rings. The number of halogens is 2. The van der Waals surface area contributed by atoms with E-state index in [1.54, 1.807) is 6.07 Å². The molecule has 1 aromatic rings. The Morgan fingerprint density at radius 1 is 1.46 bits per heavy atom. The number of hydrogen-bond acceptors (Lipinski definition) is 1. The highest BCUT2D eigenvalue weighted by Crippen LogP contribution is 2.35. The molecular formula is C10H10BrFO. The van der Waals surface area contributed by atoms with Crippen LogP contribution in [0.4, 0.5) is 4.39 Å². The lowest BCUT2D eigenvalue weighted by atomic mass is 9.95. The monoisotopic (exact) mass is 244 g/mol. The van der Waals surface area contributed by atoms with Crippen LogP contribution in [-0.2, 0) is 10.4 Å². The summed E-state index contributed by atoms with van der Waals surface area (Å²) >= 11 is 3.33. The molecule has 1 aliphatic heterocycles. The maximum Gasteiger partial charge on any atom is 0.161 e. The molecule has 1 nitrogen and oxygen atoms in total. The van der Waals surface area contributed by atoms with Crippen LogP contribution in [0.25, 0.3) is 0 Å². The molecule has 0 aromatic heterocycles. The van der Waals surface area contributed by atoms with Crippen molar-refractivity contribution in [2.45, 2.75) is 12.1 Å². The van der Waals surface area contributed by atoms with E-state index < -0.39 is 5.67 Å². The fraction of sp³-hybridized carbons (Fsp3) is 0.400. The van der Waals surface area contributed by atoms with Crippen LogP contribution < -0.4 is 0 Å². The van der Waals surface area contributed by atoms with Crippen molar-refractivity contribution in [2.75, 3.05) is 13.2 Å². The predicted molar refractivity (Wildman–Crippen MR) is 52.4 cm³/mol. The minimum absolute atomic E-state index is 0.184. The van der Waals surface area contributed by atoms with Crippen LogP contribution >= 0.6 is 15.9 Å². The molecule has 0 spiro atoms. The second-order valence-corrected chi connectivity index (χ2v) is 4.19. The van der Waals surface area contributed by atoms with Crippen LogP contribution in [0.2, 0.25) is 0 Å². The Hall–Kier alpha value is -0.410. The fourth-order valence-corrected chi connectivity index (χ4v) is 1.93. The third-order valence-electron chi connectivity index (χ3n) is 2.32. The molecule has 2 rings (SSSR count). The molecule has 0 aliphatic carbocycles. The van der Waals surface area contributed by atoms with Crippen LogP contribution in [0.3, 0.4) is 0 Å². The second kappa shape index (κ2) is 3.39. The quantitative estimate of drug-likeness (QED) is 0.738. The van der Waals surface area contributed by atoms with E-state index in [-0.39, 0.29) is 6.61 Å². The van der Waals surface area contributed by atoms with E-state index in [1.165, 1.54) is 0 Å². The van der Waals surface area contributed by atoms with Gasteiger partial charge in [-0.3, -0.25) is 0 Å². The topological polar surface area (TPSA) is 9.23 Å². The fourth-order valence-electron chi connectivity index (χ4n) is 1.53. The minimum atomic E-state index is -1.27. The number of ether oxygens (including phenoxy) is 1. The van der Waals surface area contributed by atoms with E-state index in [0.717, 1.165) is 4.47 Å². The summed E-state index contributed by atoms with van der Waals surface area (Å²) in [4.78, 5) is 0. The molecular weight excluding hydrogens is 235 g/mol. The van der Waals surface area contributed by atoms with Crippen molar-refractivity contribution in [3.05, 3.63) is 34.3 Å². The van der Waals surface area contributed by atoms with Gasteiger partial charge in [-0.15, -0.1) is 0 Å². The largest absolute Gasteiger partial charge is 0.378 e. The third-order valence-corrected chi connectivity index (χ3v) is 2.81. The number of hydrogen-bond donors (Lipinski definition) is 0. The standard InChI is InChI=1S/C10H10BrFO/c11-9-3-1-2-8(6-9)10(12)4-5-13-7-10/h1-3,6H,4-5,7H2. The van der Waals surface area contributed by atoms with Gasteiger partial charge >= 0.3 is 0 Å². The van der Waals surface area contributed by atoms with Gasteiger partial charge in [0.2, 0.25) is 0 Å². The maximum absolute atomic E-state index is 14.1. The first-order valence-corrected chi connectivity index (χ1v) is 5.03. The minimum Gasteiger partial charge on any atom is -0.378 e. The van der Waals surface area contributed by atoms with Crippen LogP contribution in [0.5, 0.6) is 0 Å². The molecule has 0 saturated carbocycles. The average Bonchev–Trinajstić information content (AvgIpc) is 2.54. The lowest BCUT2D eigenvalue weighted by Gasteiger charge is -2.17. The average molecular weight is 245 g/mol. The van der Waals surface area contributed by atoms with Crippen LogP contribution in [0, 0.1) is 0 Å². The molecule has 1 aliphatic rings. The molecule has 1 unspecified atom stereocenters. The molecule has 0 amide bonds. The van der Waals surface area contributed by atoms with Gasteiger partial charge in [-0.25, -0.2) is 4.39 Å². The zero-order chi connectivity index (χ0) is 9.31. The molecule has 0 bridgehead atoms. The van der Waals surface area contributed by atoms with Gasteiger partial charge in [-0.05, 0) is 17.7 Å². The Labute approximate surface area is 85.0 Å². The van der Waals surface area contributed by atoms with E-state index in [0.29, 0.717) is 18.6 Å². The highest BCUT2D eigenvalue weighted by Gasteiger charge is 2.36. The first-order chi connectivity index (χ1) is 6.21. The summed E-state index contributed by atoms with van der Waals surface area (Å²) in [6.45, 7) is 0.701. The summed E-state index contributed by atoms with van der Waals surface area (Å²) in [5, 5.41) is 0. The Morgan fingerprint density at radius 2 is 2.31 bits per heavy atom. The Bertz CT molecular complexity index is 308. The SMILES string of the molecule is FC1(c2cccc(Br)c2)CCOC1. The molecule has 13 heavy (non-hydrogen) atoms. The predicted octanol–water partition coefficient (Wildman–Crippen LogP) is 3.03. The molecule has 1 aromatic carbocycles. The third kappa shape index (κ3) is 1.76. The first kappa shape index (κ1) is 9.16. The first-order valence-electron chi connectivity index (χ1n) is 4.23. The Balaban J connectivity index is 2.33. The Kier molecular flexibility index (Phi) is 2.39. The zero-order valence-corrected chi connectivity index (χ0v) is 8.68. The molecule has 70 valence electrons. The summed E-state index contributed by atoms with van der Waals surface area (Å²) in [6, 6.07) is 7.36. The molecule has 1 heterocycles. The maximum atomic E-state index is 14.1. The van der Waals surface area contributed by atoms with E-state index in [4.69, 9.17) is 4.74 Å². The van der Waals surface area contributed by atoms with Gasteiger partial charge in [0.1, 0.15) is 0 Å². The van der Waals surface area contributed by atoms with Crippen molar-refractivity contribution in [3.63, 3.8) is 0 Å². The molecule has 0 N–H and O–H groups in total. The van der Waals surface area contributed by atoms with Crippen molar-refractivity contribution >= 4 is 15.9 Å². The van der Waals surface area contributed by atoms with Crippen molar-refractivity contribution in [1.29, 1.82) is 0 Å². The summed E-state index contributed by atoms with van der Waals surface area (Å²) < 4.78 is 20.1. The van der Waals surface area contributed by atoms with Gasteiger partial charge in [0.25, 0.3) is 0 Å². The number of alkyl halides is 1. The lowest BCUT2D eigenvalue weighted by Crippen LogP contribution is -2.19. The summed E-state index contributed by atoms with van der Waals surface area (Å²) in [7, 11) is 0. The highest BCUT2D eigenvalue weighted by molar-refractivity contribution is 9.10. The number of rotatable bonds is 1. The highest BCUT2D eigenvalue weighted by atomic mass is 79.9. The molecule has 1 atom stereocenters. The van der Waals surface area contributed by atoms with E-state index in [1.807, 2.05) is 18.2 Å². The molecule has 3 heteroatoms. The van der Waals surface area contributed by atoms with Crippen LogP contribution in [0.15, 0.2) is 28.7 Å². The number of benzene rings is 1. The van der Waals surface area contributed by atoms with E-state index in [2.05, 4.69) is 15.9 Å². The van der Waals surface area contributed by atoms with Crippen molar-refractivity contribution < 1.29 is 9.13 Å². The van der Waals surface area contributed by atoms with Gasteiger partial charge in [0, 0.05) is 10.9 Å². The van der Waals surface area contributed by atoms with Gasteiger partial charge < -0.3 is 4.74 Å². The normalized spacial score (nSPS) is 27.8. The van der Waals surface area contributed by atoms with Gasteiger partial charge in [0.05, 0.1) is 13.2 Å². The van der Waals surface area contributed by atoms with Gasteiger partial charge in [-0.2, -0.15) is 0 Å². The summed E-state index contributed by atoms with van der Waals surface area (Å²) in [5.41, 5.74) is -0.566. The van der Waals surface area contributed by atoms with Crippen LogP contribution in [-0.4, -0.2) is 13.2 Å². The Morgan fingerprint density at radius 3 is 2.92 bits per heavy atom. The second-order valence-electron chi connectivity index (χ2n) is 3.28. The van der Waals surface area contributed by atoms with Crippen LogP contribution in [0.1, 0.15) is 12.0 Å². The van der Waals surface area contributed by atoms with Crippen molar-refractivity contribution in [1.82, 2.24) is 0 Å². The van der Waals surface area contributed by atoms with Gasteiger partial charge in [-0.1, -0.05) is 28.1 Å². The van der Waals surface area contributed by atoms with Crippen molar-refractivity contribution in [3.8, 4) is 0 Å². The smallest absolute Gasteiger partial charge is 0.161 e. The van der Waals surface area contributed by atoms with E-state index >= 15 is 0 Å². The summed E-state index contributed by atoms with van der Waals surface area (Å²) in [5.74, 6) is 0.